The zero-order chi connectivity index (χ0) is 23.1. The largest absolute Gasteiger partial charge is 0.573 e. The SMILES string of the molecule is NC(=O)CCn1c(SCC(=O)NCc2ccccc2OC(F)(F)F)nnc1-c1ccco1. The molecule has 170 valence electrons. The molecule has 2 aromatic heterocycles. The summed E-state index contributed by atoms with van der Waals surface area (Å²) in [4.78, 5) is 23.5. The average Bonchev–Trinajstić information content (AvgIpc) is 3.38. The number of rotatable bonds is 10. The lowest BCUT2D eigenvalue weighted by atomic mass is 10.2. The van der Waals surface area contributed by atoms with E-state index < -0.39 is 18.2 Å². The van der Waals surface area contributed by atoms with Gasteiger partial charge in [0.05, 0.1) is 12.0 Å². The summed E-state index contributed by atoms with van der Waals surface area (Å²) < 4.78 is 48.5. The van der Waals surface area contributed by atoms with Crippen molar-refractivity contribution in [2.75, 3.05) is 5.75 Å². The van der Waals surface area contributed by atoms with Crippen molar-refractivity contribution >= 4 is 23.6 Å². The summed E-state index contributed by atoms with van der Waals surface area (Å²) in [7, 11) is 0. The number of aromatic nitrogens is 3. The number of nitrogens with one attached hydrogen (secondary N) is 1. The molecule has 9 nitrogen and oxygen atoms in total. The molecule has 1 aromatic carbocycles. The van der Waals surface area contributed by atoms with Crippen molar-refractivity contribution in [3.05, 3.63) is 48.2 Å². The molecule has 3 N–H and O–H groups in total. The first kappa shape index (κ1) is 23.2. The molecule has 0 bridgehead atoms. The maximum atomic E-state index is 12.5. The van der Waals surface area contributed by atoms with Crippen LogP contribution in [0.5, 0.6) is 5.75 Å². The van der Waals surface area contributed by atoms with Gasteiger partial charge in [0, 0.05) is 25.1 Å². The third-order valence-electron chi connectivity index (χ3n) is 4.05. The van der Waals surface area contributed by atoms with Crippen LogP contribution < -0.4 is 15.8 Å². The van der Waals surface area contributed by atoms with Crippen molar-refractivity contribution in [1.29, 1.82) is 0 Å². The molecule has 0 radical (unpaired) electrons. The van der Waals surface area contributed by atoms with Crippen LogP contribution in [0.3, 0.4) is 0 Å². The van der Waals surface area contributed by atoms with Gasteiger partial charge in [0.25, 0.3) is 0 Å². The predicted molar refractivity (Wildman–Crippen MR) is 107 cm³/mol. The lowest BCUT2D eigenvalue weighted by Crippen LogP contribution is -2.26. The Bertz CT molecular complexity index is 1070. The van der Waals surface area contributed by atoms with E-state index in [9.17, 15) is 22.8 Å². The number of nitrogens with zero attached hydrogens (tertiary/aromatic N) is 3. The second kappa shape index (κ2) is 10.2. The Morgan fingerprint density at radius 3 is 2.66 bits per heavy atom. The zero-order valence-electron chi connectivity index (χ0n) is 16.5. The summed E-state index contributed by atoms with van der Waals surface area (Å²) >= 11 is 1.05. The first-order chi connectivity index (χ1) is 15.2. The van der Waals surface area contributed by atoms with Crippen LogP contribution in [0, 0.1) is 0 Å². The number of alkyl halides is 3. The predicted octanol–water partition coefficient (Wildman–Crippen LogP) is 2.72. The number of halogens is 3. The smallest absolute Gasteiger partial charge is 0.461 e. The molecule has 0 saturated carbocycles. The first-order valence-electron chi connectivity index (χ1n) is 9.21. The number of carbonyl (C=O) groups is 2. The van der Waals surface area contributed by atoms with Crippen LogP contribution in [-0.4, -0.2) is 38.7 Å². The number of thioether (sulfide) groups is 1. The molecular formula is C19H18F3N5O4S. The normalized spacial score (nSPS) is 11.3. The van der Waals surface area contributed by atoms with Gasteiger partial charge in [-0.25, -0.2) is 0 Å². The van der Waals surface area contributed by atoms with E-state index in [2.05, 4.69) is 20.3 Å². The molecule has 0 aliphatic carbocycles. The van der Waals surface area contributed by atoms with Crippen LogP contribution in [0.15, 0.2) is 52.2 Å². The van der Waals surface area contributed by atoms with Crippen LogP contribution in [0.4, 0.5) is 13.2 Å². The summed E-state index contributed by atoms with van der Waals surface area (Å²) in [6, 6.07) is 8.87. The van der Waals surface area contributed by atoms with Gasteiger partial charge in [-0.05, 0) is 18.2 Å². The van der Waals surface area contributed by atoms with E-state index in [1.165, 1.54) is 30.5 Å². The van der Waals surface area contributed by atoms with Gasteiger partial charge >= 0.3 is 6.36 Å². The Hall–Kier alpha value is -3.48. The number of para-hydroxylation sites is 1. The average molecular weight is 469 g/mol. The van der Waals surface area contributed by atoms with Crippen molar-refractivity contribution < 1.29 is 31.9 Å². The first-order valence-corrected chi connectivity index (χ1v) is 10.2. The second-order valence-corrected chi connectivity index (χ2v) is 7.31. The minimum absolute atomic E-state index is 0.0293. The third kappa shape index (κ3) is 6.51. The molecule has 0 aliphatic heterocycles. The highest BCUT2D eigenvalue weighted by atomic mass is 32.2. The van der Waals surface area contributed by atoms with E-state index in [1.54, 1.807) is 16.7 Å². The fourth-order valence-corrected chi connectivity index (χ4v) is 3.45. The second-order valence-electron chi connectivity index (χ2n) is 6.37. The lowest BCUT2D eigenvalue weighted by Gasteiger charge is -2.13. The molecule has 3 rings (SSSR count). The number of ether oxygens (including phenoxy) is 1. The Morgan fingerprint density at radius 2 is 1.97 bits per heavy atom. The van der Waals surface area contributed by atoms with Crippen LogP contribution in [0.1, 0.15) is 12.0 Å². The van der Waals surface area contributed by atoms with E-state index in [4.69, 9.17) is 10.2 Å². The minimum Gasteiger partial charge on any atom is -0.461 e. The van der Waals surface area contributed by atoms with Crippen molar-refractivity contribution in [3.63, 3.8) is 0 Å². The standard InChI is InChI=1S/C19H18F3N5O4S/c20-19(21,22)31-13-5-2-1-4-12(13)10-24-16(29)11-32-18-26-25-17(14-6-3-9-30-14)27(18)8-7-15(23)28/h1-6,9H,7-8,10-11H2,(H2,23,28)(H,24,29). The fraction of sp³-hybridized carbons (Fsp3) is 0.263. The van der Waals surface area contributed by atoms with Gasteiger partial charge in [0.1, 0.15) is 5.75 Å². The Kier molecular flexibility index (Phi) is 7.41. The molecule has 2 heterocycles. The van der Waals surface area contributed by atoms with Gasteiger partial charge in [0.15, 0.2) is 16.7 Å². The third-order valence-corrected chi connectivity index (χ3v) is 5.01. The maximum absolute atomic E-state index is 12.5. The minimum atomic E-state index is -4.84. The van der Waals surface area contributed by atoms with E-state index in [-0.39, 0.29) is 36.6 Å². The Labute approximate surface area is 184 Å². The molecule has 13 heteroatoms. The van der Waals surface area contributed by atoms with Gasteiger partial charge in [-0.1, -0.05) is 30.0 Å². The molecule has 0 unspecified atom stereocenters. The van der Waals surface area contributed by atoms with Crippen LogP contribution in [0.2, 0.25) is 0 Å². The number of furan rings is 1. The van der Waals surface area contributed by atoms with E-state index >= 15 is 0 Å². The summed E-state index contributed by atoms with van der Waals surface area (Å²) in [6.07, 6.45) is -3.35. The molecular weight excluding hydrogens is 451 g/mol. The van der Waals surface area contributed by atoms with Gasteiger partial charge in [-0.3, -0.25) is 14.2 Å². The molecule has 0 saturated heterocycles. The van der Waals surface area contributed by atoms with Crippen LogP contribution in [-0.2, 0) is 22.7 Å². The number of hydrogen-bond donors (Lipinski definition) is 2. The van der Waals surface area contributed by atoms with Crippen LogP contribution in [0.25, 0.3) is 11.6 Å². The highest BCUT2D eigenvalue weighted by Crippen LogP contribution is 2.27. The summed E-state index contributed by atoms with van der Waals surface area (Å²) in [6.45, 7) is 0.0299. The number of hydrogen-bond acceptors (Lipinski definition) is 7. The van der Waals surface area contributed by atoms with Gasteiger partial charge in [-0.2, -0.15) is 0 Å². The van der Waals surface area contributed by atoms with Crippen LogP contribution >= 0.6 is 11.8 Å². The number of amides is 2. The van der Waals surface area contributed by atoms with E-state index in [0.29, 0.717) is 16.7 Å². The molecule has 3 aromatic rings. The Balaban J connectivity index is 1.62. The zero-order valence-corrected chi connectivity index (χ0v) is 17.3. The van der Waals surface area contributed by atoms with E-state index in [0.717, 1.165) is 11.8 Å². The van der Waals surface area contributed by atoms with Crippen molar-refractivity contribution in [3.8, 4) is 17.3 Å². The summed E-state index contributed by atoms with van der Waals surface area (Å²) in [5, 5.41) is 11.0. The molecule has 0 spiro atoms. The fourth-order valence-electron chi connectivity index (χ4n) is 2.66. The maximum Gasteiger partial charge on any atom is 0.573 e. The van der Waals surface area contributed by atoms with E-state index in [1.807, 2.05) is 0 Å². The number of primary amides is 1. The summed E-state index contributed by atoms with van der Waals surface area (Å²) in [5.74, 6) is -0.632. The quantitative estimate of drug-likeness (QED) is 0.437. The molecule has 0 aliphatic rings. The number of nitrogens with two attached hydrogens (primary N) is 1. The molecule has 0 fully saturated rings. The Morgan fingerprint density at radius 1 is 1.19 bits per heavy atom. The number of benzene rings is 1. The highest BCUT2D eigenvalue weighted by molar-refractivity contribution is 7.99. The highest BCUT2D eigenvalue weighted by Gasteiger charge is 2.32. The van der Waals surface area contributed by atoms with Crippen molar-refractivity contribution in [1.82, 2.24) is 20.1 Å². The van der Waals surface area contributed by atoms with Gasteiger partial charge < -0.3 is 20.2 Å². The monoisotopic (exact) mass is 469 g/mol. The van der Waals surface area contributed by atoms with Gasteiger partial charge in [0.2, 0.25) is 11.8 Å². The molecule has 2 amide bonds. The summed E-state index contributed by atoms with van der Waals surface area (Å²) in [5.41, 5.74) is 5.40. The van der Waals surface area contributed by atoms with Crippen molar-refractivity contribution in [2.45, 2.75) is 31.0 Å². The van der Waals surface area contributed by atoms with Gasteiger partial charge in [-0.15, -0.1) is 23.4 Å². The van der Waals surface area contributed by atoms with Crippen molar-refractivity contribution in [2.24, 2.45) is 5.73 Å². The molecule has 0 atom stereocenters. The lowest BCUT2D eigenvalue weighted by molar-refractivity contribution is -0.274. The number of carbonyl (C=O) groups excluding carboxylic acids is 2. The molecule has 32 heavy (non-hydrogen) atoms. The topological polar surface area (TPSA) is 125 Å².